The van der Waals surface area contributed by atoms with Gasteiger partial charge in [0.25, 0.3) is 0 Å². The molecule has 302 valence electrons. The molecule has 0 saturated carbocycles. The Bertz CT molecular complexity index is 3540. The molecule has 6 aromatic carbocycles. The van der Waals surface area contributed by atoms with Crippen LogP contribution in [0.5, 0.6) is 23.0 Å². The van der Waals surface area contributed by atoms with Gasteiger partial charge in [0.1, 0.15) is 44.7 Å². The molecular formula is C50H30B2N6O4S2. The molecule has 14 heteroatoms. The fourth-order valence-corrected chi connectivity index (χ4v) is 10.7. The van der Waals surface area contributed by atoms with Crippen LogP contribution >= 0.6 is 22.7 Å². The molecule has 12 rings (SSSR count). The highest BCUT2D eigenvalue weighted by Gasteiger charge is 2.45. The summed E-state index contributed by atoms with van der Waals surface area (Å²) in [5.74, 6) is 2.27. The molecule has 0 N–H and O–H groups in total. The zero-order valence-electron chi connectivity index (χ0n) is 33.9. The van der Waals surface area contributed by atoms with Crippen LogP contribution < -0.4 is 29.3 Å². The van der Waals surface area contributed by atoms with E-state index in [1.165, 1.54) is 22.7 Å². The molecule has 0 unspecified atom stereocenters. The van der Waals surface area contributed by atoms with Gasteiger partial charge in [0, 0.05) is 28.5 Å². The second kappa shape index (κ2) is 15.1. The lowest BCUT2D eigenvalue weighted by atomic mass is 9.99. The number of nitriles is 1. The van der Waals surface area contributed by atoms with Gasteiger partial charge in [0.15, 0.2) is 0 Å². The van der Waals surface area contributed by atoms with Crippen molar-refractivity contribution in [2.75, 3.05) is 0 Å². The Hall–Kier alpha value is -8.03. The minimum atomic E-state index is -1.07. The zero-order chi connectivity index (χ0) is 42.9. The predicted molar refractivity (Wildman–Crippen MR) is 253 cm³/mol. The highest BCUT2D eigenvalue weighted by molar-refractivity contribution is 7.20. The largest absolute Gasteiger partial charge is 0.743 e. The average Bonchev–Trinajstić information content (AvgIpc) is 4.19. The fraction of sp³-hybridized carbons (Fsp3) is 0.0400. The molecule has 4 aromatic heterocycles. The van der Waals surface area contributed by atoms with Gasteiger partial charge < -0.3 is 27.6 Å². The molecule has 10 nitrogen and oxygen atoms in total. The normalized spacial score (nSPS) is 13.7. The maximum absolute atomic E-state index is 11.7. The quantitative estimate of drug-likeness (QED) is 0.116. The van der Waals surface area contributed by atoms with Gasteiger partial charge >= 0.3 is 14.5 Å². The summed E-state index contributed by atoms with van der Waals surface area (Å²) in [4.78, 5) is 14.6. The maximum atomic E-state index is 11.7. The molecule has 64 heavy (non-hydrogen) atoms. The number of thiazole rings is 2. The van der Waals surface area contributed by atoms with E-state index in [-0.39, 0.29) is 0 Å². The highest BCUT2D eigenvalue weighted by Crippen LogP contribution is 2.41. The fourth-order valence-electron chi connectivity index (χ4n) is 8.80. The number of fused-ring (bicyclic) bond motifs is 5. The van der Waals surface area contributed by atoms with E-state index in [9.17, 15) is 5.26 Å². The Morgan fingerprint density at radius 1 is 0.625 bits per heavy atom. The van der Waals surface area contributed by atoms with Crippen LogP contribution in [0.4, 0.5) is 0 Å². The molecule has 2 aliphatic heterocycles. The number of aromatic nitrogens is 4. The number of benzene rings is 6. The summed E-state index contributed by atoms with van der Waals surface area (Å²) in [5.41, 5.74) is 6.37. The van der Waals surface area contributed by atoms with E-state index in [0.29, 0.717) is 77.9 Å². The van der Waals surface area contributed by atoms with Crippen molar-refractivity contribution < 1.29 is 18.6 Å². The van der Waals surface area contributed by atoms with Crippen molar-refractivity contribution in [1.29, 1.82) is 5.26 Å². The van der Waals surface area contributed by atoms with E-state index >= 15 is 0 Å². The van der Waals surface area contributed by atoms with Crippen molar-refractivity contribution in [2.45, 2.75) is 13.3 Å². The van der Waals surface area contributed by atoms with Crippen LogP contribution in [0.2, 0.25) is 0 Å². The lowest BCUT2D eigenvalue weighted by Gasteiger charge is -2.17. The molecule has 0 saturated heterocycles. The van der Waals surface area contributed by atoms with Crippen molar-refractivity contribution in [3.8, 4) is 40.3 Å². The minimum absolute atomic E-state index is 0.294. The molecule has 0 fully saturated rings. The molecule has 0 radical (unpaired) electrons. The van der Waals surface area contributed by atoms with Gasteiger partial charge in [-0.1, -0.05) is 103 Å². The van der Waals surface area contributed by atoms with Gasteiger partial charge in [-0.3, -0.25) is 0 Å². The lowest BCUT2D eigenvalue weighted by molar-refractivity contribution is 0.476. The Morgan fingerprint density at radius 3 is 1.72 bits per heavy atom. The number of para-hydroxylation sites is 6. The van der Waals surface area contributed by atoms with Crippen LogP contribution in [0, 0.1) is 24.8 Å². The van der Waals surface area contributed by atoms with Gasteiger partial charge in [-0.25, -0.2) is 14.8 Å². The van der Waals surface area contributed by atoms with Gasteiger partial charge in [0.2, 0.25) is 5.70 Å². The first-order valence-corrected chi connectivity index (χ1v) is 22.2. The molecule has 0 amide bonds. The molecule has 0 spiro atoms. The zero-order valence-corrected chi connectivity index (χ0v) is 35.6. The van der Waals surface area contributed by atoms with Crippen molar-refractivity contribution in [3.05, 3.63) is 201 Å². The second-order valence-corrected chi connectivity index (χ2v) is 17.4. The third-order valence-electron chi connectivity index (χ3n) is 11.6. The molecule has 0 atom stereocenters. The average molecular weight is 865 g/mol. The first kappa shape index (κ1) is 37.7. The summed E-state index contributed by atoms with van der Waals surface area (Å²) in [6.45, 7) is 11.2. The monoisotopic (exact) mass is 864 g/mol. The Balaban J connectivity index is 1.34. The summed E-state index contributed by atoms with van der Waals surface area (Å²) in [7, 11) is -2.12. The van der Waals surface area contributed by atoms with Crippen LogP contribution in [0.3, 0.4) is 0 Å². The molecule has 0 aliphatic carbocycles. The number of hydrogen-bond acceptors (Lipinski definition) is 9. The Morgan fingerprint density at radius 2 is 1.14 bits per heavy atom. The topological polar surface area (TPSA) is 101 Å². The van der Waals surface area contributed by atoms with Gasteiger partial charge in [-0.15, -0.1) is 22.7 Å². The molecule has 10 aromatic rings. The van der Waals surface area contributed by atoms with E-state index in [2.05, 4.69) is 42.1 Å². The summed E-state index contributed by atoms with van der Waals surface area (Å²) in [6.07, 6.45) is 0.359. The molecule has 0 bridgehead atoms. The Kier molecular flexibility index (Phi) is 8.90. The SMILES string of the molecule is [C-]#[N+]/C(c1nc2ccccc2s1)=c1\c2c(Cc3ccccc3)n(B3Oc4ccccc4O3)/c(=C(/C#N)c3nc4ccccc4s3)c2c(-c2ccccc2C)n1B1Oc2ccccc2O1. The van der Waals surface area contributed by atoms with E-state index in [0.717, 1.165) is 42.8 Å². The first-order chi connectivity index (χ1) is 31.6. The van der Waals surface area contributed by atoms with Gasteiger partial charge in [0.05, 0.1) is 43.4 Å². The van der Waals surface area contributed by atoms with Crippen LogP contribution in [-0.2, 0) is 6.42 Å². The predicted octanol–water partition coefficient (Wildman–Crippen LogP) is 9.64. The lowest BCUT2D eigenvalue weighted by Crippen LogP contribution is -2.45. The van der Waals surface area contributed by atoms with Crippen molar-refractivity contribution in [1.82, 2.24) is 18.9 Å². The molecule has 2 aliphatic rings. The summed E-state index contributed by atoms with van der Waals surface area (Å²) in [6, 6.07) is 51.8. The first-order valence-electron chi connectivity index (χ1n) is 20.6. The van der Waals surface area contributed by atoms with Crippen molar-refractivity contribution in [3.63, 3.8) is 0 Å². The summed E-state index contributed by atoms with van der Waals surface area (Å²) < 4.78 is 32.9. The third kappa shape index (κ3) is 5.99. The maximum Gasteiger partial charge on any atom is 0.743 e. The van der Waals surface area contributed by atoms with E-state index < -0.39 is 14.5 Å². The third-order valence-corrected chi connectivity index (χ3v) is 13.7. The molecule has 6 heterocycles. The number of hydrogen-bond donors (Lipinski definition) is 0. The number of rotatable bonds is 7. The van der Waals surface area contributed by atoms with Crippen LogP contribution in [0.25, 0.3) is 58.6 Å². The van der Waals surface area contributed by atoms with Gasteiger partial charge in [-0.2, -0.15) is 5.26 Å². The highest BCUT2D eigenvalue weighted by atomic mass is 32.1. The van der Waals surface area contributed by atoms with Crippen LogP contribution in [-0.4, -0.2) is 33.4 Å². The van der Waals surface area contributed by atoms with Crippen LogP contribution in [0.15, 0.2) is 152 Å². The minimum Gasteiger partial charge on any atom is -0.503 e. The second-order valence-electron chi connectivity index (χ2n) is 15.4. The Labute approximate surface area is 374 Å². The van der Waals surface area contributed by atoms with E-state index in [4.69, 9.17) is 35.2 Å². The van der Waals surface area contributed by atoms with Crippen molar-refractivity contribution >= 4 is 79.7 Å². The standard InChI is InChI=1S/C50H30B2N6O4S2/c1-30-16-6-7-19-32(30)46-44-43(48(58(46)52-61-39-24-12-13-25-40(39)62-52)45(54-2)50-56-35-21-9-15-27-42(35)64-50)36(28-31-17-4-3-5-18-31)57(51-59-37-22-10-11-23-38(37)60-51)47(44)33(29-53)49-55-34-20-8-14-26-41(34)63-49/h3-27H,28H2,1H3/b47-33-,48-45+. The summed E-state index contributed by atoms with van der Waals surface area (Å²) >= 11 is 2.89. The van der Waals surface area contributed by atoms with E-state index in [1.807, 2.05) is 136 Å². The van der Waals surface area contributed by atoms with Crippen LogP contribution in [0.1, 0.15) is 26.8 Å². The smallest absolute Gasteiger partial charge is 0.503 e. The van der Waals surface area contributed by atoms with E-state index in [1.54, 1.807) is 0 Å². The van der Waals surface area contributed by atoms with Gasteiger partial charge in [-0.05, 0) is 66.6 Å². The molecular weight excluding hydrogens is 834 g/mol. The number of nitrogens with zero attached hydrogens (tertiary/aromatic N) is 6. The van der Waals surface area contributed by atoms with Crippen molar-refractivity contribution in [2.24, 2.45) is 0 Å². The number of aryl methyl sites for hydroxylation is 1. The summed E-state index contributed by atoms with van der Waals surface area (Å²) in [5, 5.41) is 15.1.